The zero-order valence-corrected chi connectivity index (χ0v) is 15.2. The maximum absolute atomic E-state index is 13.2. The first-order valence-corrected chi connectivity index (χ1v) is 9.45. The lowest BCUT2D eigenvalue weighted by molar-refractivity contribution is -0.148. The molecule has 0 N–H and O–H groups in total. The van der Waals surface area contributed by atoms with E-state index in [1.165, 1.54) is 17.4 Å². The van der Waals surface area contributed by atoms with E-state index in [-0.39, 0.29) is 18.0 Å². The quantitative estimate of drug-likeness (QED) is 0.774. The van der Waals surface area contributed by atoms with E-state index in [9.17, 15) is 18.0 Å². The Labute approximate surface area is 157 Å². The topological polar surface area (TPSA) is 54.9 Å². The molecule has 0 aliphatic carbocycles. The molecule has 0 spiro atoms. The molecule has 1 aromatic heterocycles. The third kappa shape index (κ3) is 3.74. The van der Waals surface area contributed by atoms with E-state index in [4.69, 9.17) is 9.47 Å². The van der Waals surface area contributed by atoms with Crippen LogP contribution in [-0.4, -0.2) is 67.9 Å². The molecule has 2 saturated heterocycles. The van der Waals surface area contributed by atoms with Gasteiger partial charge >= 0.3 is 6.18 Å². The minimum atomic E-state index is -4.45. The van der Waals surface area contributed by atoms with Gasteiger partial charge in [0.05, 0.1) is 42.1 Å². The highest BCUT2D eigenvalue weighted by molar-refractivity contribution is 7.22. The fourth-order valence-corrected chi connectivity index (χ4v) is 4.29. The molecule has 2 aliphatic rings. The zero-order valence-electron chi connectivity index (χ0n) is 14.4. The fourth-order valence-electron chi connectivity index (χ4n) is 3.26. The number of ether oxygens (including phenoxy) is 2. The number of hydrogen-bond acceptors (Lipinski definition) is 6. The van der Waals surface area contributed by atoms with Gasteiger partial charge in [0.2, 0.25) is 0 Å². The molecule has 0 bridgehead atoms. The number of rotatable bonds is 2. The summed E-state index contributed by atoms with van der Waals surface area (Å²) in [5.74, 6) is -0.111. The monoisotopic (exact) mass is 401 g/mol. The van der Waals surface area contributed by atoms with Crippen molar-refractivity contribution in [2.24, 2.45) is 0 Å². The highest BCUT2D eigenvalue weighted by Crippen LogP contribution is 2.38. The summed E-state index contributed by atoms with van der Waals surface area (Å²) >= 11 is 1.20. The number of alkyl halides is 3. The molecular weight excluding hydrogens is 383 g/mol. The molecule has 1 atom stereocenters. The summed E-state index contributed by atoms with van der Waals surface area (Å²) in [7, 11) is 0. The van der Waals surface area contributed by atoms with Gasteiger partial charge in [-0.05, 0) is 12.1 Å². The van der Waals surface area contributed by atoms with E-state index in [0.717, 1.165) is 6.07 Å². The third-order valence-electron chi connectivity index (χ3n) is 4.65. The third-order valence-corrected chi connectivity index (χ3v) is 5.73. The minimum Gasteiger partial charge on any atom is -0.378 e. The maximum Gasteiger partial charge on any atom is 0.418 e. The molecule has 0 radical (unpaired) electrons. The Morgan fingerprint density at radius 1 is 1.19 bits per heavy atom. The van der Waals surface area contributed by atoms with Crippen LogP contribution < -0.4 is 4.90 Å². The summed E-state index contributed by atoms with van der Waals surface area (Å²) in [4.78, 5) is 20.4. The molecule has 10 heteroatoms. The molecule has 1 aromatic carbocycles. The number of nitrogens with zero attached hydrogens (tertiary/aromatic N) is 3. The van der Waals surface area contributed by atoms with Gasteiger partial charge in [0.1, 0.15) is 0 Å². The Bertz CT molecular complexity index is 836. The number of carbonyl (C=O) groups excluding carboxylic acids is 1. The van der Waals surface area contributed by atoms with Gasteiger partial charge in [0.25, 0.3) is 5.91 Å². The largest absolute Gasteiger partial charge is 0.418 e. The van der Waals surface area contributed by atoms with Crippen LogP contribution in [0, 0.1) is 0 Å². The van der Waals surface area contributed by atoms with Gasteiger partial charge in [0, 0.05) is 19.6 Å². The number of morpholine rings is 2. The summed E-state index contributed by atoms with van der Waals surface area (Å²) in [5.41, 5.74) is -0.788. The molecule has 1 unspecified atom stereocenters. The van der Waals surface area contributed by atoms with Crippen LogP contribution in [0.3, 0.4) is 0 Å². The number of amides is 1. The van der Waals surface area contributed by atoms with Crippen molar-refractivity contribution in [2.45, 2.75) is 12.3 Å². The van der Waals surface area contributed by atoms with Crippen molar-refractivity contribution in [3.05, 3.63) is 23.8 Å². The SMILES string of the molecule is O=C(C1CN(c2nc3c(C(F)(F)F)cccc3s2)CCO1)N1CCOCC1. The summed E-state index contributed by atoms with van der Waals surface area (Å²) in [6.45, 7) is 3.12. The van der Waals surface area contributed by atoms with Gasteiger partial charge in [0.15, 0.2) is 11.2 Å². The van der Waals surface area contributed by atoms with Crippen LogP contribution in [-0.2, 0) is 20.4 Å². The van der Waals surface area contributed by atoms with Gasteiger partial charge in [-0.25, -0.2) is 4.98 Å². The number of para-hydroxylation sites is 1. The molecule has 27 heavy (non-hydrogen) atoms. The van der Waals surface area contributed by atoms with Gasteiger partial charge in [-0.1, -0.05) is 17.4 Å². The van der Waals surface area contributed by atoms with E-state index >= 15 is 0 Å². The predicted molar refractivity (Wildman–Crippen MR) is 94.0 cm³/mol. The van der Waals surface area contributed by atoms with E-state index in [0.29, 0.717) is 49.3 Å². The van der Waals surface area contributed by atoms with Gasteiger partial charge in [-0.15, -0.1) is 0 Å². The molecule has 2 aliphatic heterocycles. The van der Waals surface area contributed by atoms with Crippen LogP contribution >= 0.6 is 11.3 Å². The predicted octanol–water partition coefficient (Wildman–Crippen LogP) is 2.38. The van der Waals surface area contributed by atoms with E-state index in [1.807, 2.05) is 4.90 Å². The Kier molecular flexibility index (Phi) is 4.95. The number of carbonyl (C=O) groups is 1. The second-order valence-electron chi connectivity index (χ2n) is 6.39. The van der Waals surface area contributed by atoms with Crippen LogP contribution in [0.15, 0.2) is 18.2 Å². The van der Waals surface area contributed by atoms with E-state index in [2.05, 4.69) is 4.98 Å². The zero-order chi connectivity index (χ0) is 19.0. The molecule has 2 fully saturated rings. The second-order valence-corrected chi connectivity index (χ2v) is 7.40. The summed E-state index contributed by atoms with van der Waals surface area (Å²) in [5, 5.41) is 0.477. The second kappa shape index (κ2) is 7.25. The Balaban J connectivity index is 1.55. The lowest BCUT2D eigenvalue weighted by Gasteiger charge is -2.36. The first kappa shape index (κ1) is 18.5. The lowest BCUT2D eigenvalue weighted by atomic mass is 10.2. The first-order chi connectivity index (χ1) is 12.9. The number of halogens is 3. The van der Waals surface area contributed by atoms with Crippen LogP contribution in [0.25, 0.3) is 10.2 Å². The number of benzene rings is 1. The van der Waals surface area contributed by atoms with Gasteiger partial charge in [-0.3, -0.25) is 4.79 Å². The number of hydrogen-bond donors (Lipinski definition) is 0. The Hall–Kier alpha value is -1.91. The summed E-state index contributed by atoms with van der Waals surface area (Å²) in [6, 6.07) is 4.05. The minimum absolute atomic E-state index is 0.0486. The van der Waals surface area contributed by atoms with Crippen LogP contribution in [0.1, 0.15) is 5.56 Å². The number of fused-ring (bicyclic) bond motifs is 1. The molecule has 2 aromatic rings. The summed E-state index contributed by atoms with van der Waals surface area (Å²) < 4.78 is 51.0. The average Bonchev–Trinajstić information content (AvgIpc) is 3.11. The van der Waals surface area contributed by atoms with Crippen molar-refractivity contribution in [3.8, 4) is 0 Å². The van der Waals surface area contributed by atoms with Crippen molar-refractivity contribution in [2.75, 3.05) is 50.9 Å². The van der Waals surface area contributed by atoms with E-state index < -0.39 is 17.8 Å². The number of anilines is 1. The van der Waals surface area contributed by atoms with Gasteiger partial charge in [-0.2, -0.15) is 13.2 Å². The van der Waals surface area contributed by atoms with Crippen molar-refractivity contribution >= 4 is 32.6 Å². The summed E-state index contributed by atoms with van der Waals surface area (Å²) in [6.07, 6.45) is -5.10. The number of aromatic nitrogens is 1. The van der Waals surface area contributed by atoms with Crippen LogP contribution in [0.2, 0.25) is 0 Å². The highest BCUT2D eigenvalue weighted by atomic mass is 32.1. The standard InChI is InChI=1S/C17H18F3N3O3S/c18-17(19,20)11-2-1-3-13-14(11)21-16(27-13)23-6-9-26-12(10-23)15(24)22-4-7-25-8-5-22/h1-3,12H,4-10H2. The molecule has 0 saturated carbocycles. The maximum atomic E-state index is 13.2. The Morgan fingerprint density at radius 3 is 2.70 bits per heavy atom. The normalized spacial score (nSPS) is 21.7. The molecule has 4 rings (SSSR count). The van der Waals surface area contributed by atoms with Crippen molar-refractivity contribution in [1.82, 2.24) is 9.88 Å². The molecule has 146 valence electrons. The van der Waals surface area contributed by atoms with Gasteiger partial charge < -0.3 is 19.3 Å². The highest BCUT2D eigenvalue weighted by Gasteiger charge is 2.35. The first-order valence-electron chi connectivity index (χ1n) is 8.63. The van der Waals surface area contributed by atoms with Crippen molar-refractivity contribution in [3.63, 3.8) is 0 Å². The molecular formula is C17H18F3N3O3S. The van der Waals surface area contributed by atoms with Crippen molar-refractivity contribution in [1.29, 1.82) is 0 Å². The fraction of sp³-hybridized carbons (Fsp3) is 0.529. The average molecular weight is 401 g/mol. The molecule has 6 nitrogen and oxygen atoms in total. The molecule has 3 heterocycles. The van der Waals surface area contributed by atoms with Crippen molar-refractivity contribution < 1.29 is 27.4 Å². The molecule has 1 amide bonds. The Morgan fingerprint density at radius 2 is 1.96 bits per heavy atom. The van der Waals surface area contributed by atoms with Crippen LogP contribution in [0.5, 0.6) is 0 Å². The smallest absolute Gasteiger partial charge is 0.378 e. The number of thiazole rings is 1. The van der Waals surface area contributed by atoms with Crippen LogP contribution in [0.4, 0.5) is 18.3 Å². The van der Waals surface area contributed by atoms with E-state index in [1.54, 1.807) is 11.0 Å². The lowest BCUT2D eigenvalue weighted by Crippen LogP contribution is -2.53.